The van der Waals surface area contributed by atoms with Gasteiger partial charge in [-0.2, -0.15) is 0 Å². The van der Waals surface area contributed by atoms with Gasteiger partial charge in [-0.3, -0.25) is 0 Å². The van der Waals surface area contributed by atoms with Crippen molar-refractivity contribution < 1.29 is 0 Å². The molecule has 102 valence electrons. The minimum Gasteiger partial charge on any atom is -0.333 e. The average Bonchev–Trinajstić information content (AvgIpc) is 2.80. The molecule has 6 heteroatoms. The minimum atomic E-state index is 0.514. The number of rotatable bonds is 3. The van der Waals surface area contributed by atoms with E-state index >= 15 is 0 Å². The number of fused-ring (bicyclic) bond motifs is 1. The fraction of sp³-hybridized carbons (Fsp3) is 0.0714. The molecule has 1 N–H and O–H groups in total. The quantitative estimate of drug-likeness (QED) is 0.607. The second-order valence-corrected chi connectivity index (χ2v) is 6.46. The Kier molecular flexibility index (Phi) is 4.13. The molecular formula is C14H9Cl3N2S. The van der Waals surface area contributed by atoms with Gasteiger partial charge in [0.1, 0.15) is 0 Å². The Morgan fingerprint density at radius 1 is 1.00 bits per heavy atom. The third kappa shape index (κ3) is 3.07. The molecule has 0 saturated carbocycles. The Hall–Kier alpha value is -0.870. The molecule has 0 atom stereocenters. The summed E-state index contributed by atoms with van der Waals surface area (Å²) < 4.78 is 0. The predicted molar refractivity (Wildman–Crippen MR) is 87.1 cm³/mol. The van der Waals surface area contributed by atoms with Gasteiger partial charge in [-0.25, -0.2) is 4.98 Å². The summed E-state index contributed by atoms with van der Waals surface area (Å²) in [5.74, 6) is 0.818. The fourth-order valence-corrected chi connectivity index (χ4v) is 3.07. The smallest absolute Gasteiger partial charge is 0.166 e. The number of benzene rings is 2. The van der Waals surface area contributed by atoms with Crippen molar-refractivity contribution in [2.45, 2.75) is 10.9 Å². The lowest BCUT2D eigenvalue weighted by molar-refractivity contribution is 1.08. The molecule has 0 aliphatic rings. The summed E-state index contributed by atoms with van der Waals surface area (Å²) in [5.41, 5.74) is 2.90. The van der Waals surface area contributed by atoms with Crippen LogP contribution >= 0.6 is 46.6 Å². The van der Waals surface area contributed by atoms with Gasteiger partial charge in [0.15, 0.2) is 5.16 Å². The molecule has 1 aromatic heterocycles. The van der Waals surface area contributed by atoms with Crippen LogP contribution in [-0.4, -0.2) is 9.97 Å². The number of imidazole rings is 1. The van der Waals surface area contributed by atoms with E-state index in [0.717, 1.165) is 27.0 Å². The molecule has 2 nitrogen and oxygen atoms in total. The van der Waals surface area contributed by atoms with Gasteiger partial charge in [0.05, 0.1) is 21.1 Å². The normalized spacial score (nSPS) is 11.2. The van der Waals surface area contributed by atoms with Crippen molar-refractivity contribution in [3.05, 3.63) is 57.0 Å². The molecular weight excluding hydrogens is 335 g/mol. The van der Waals surface area contributed by atoms with Crippen LogP contribution < -0.4 is 0 Å². The topological polar surface area (TPSA) is 28.7 Å². The molecule has 20 heavy (non-hydrogen) atoms. The summed E-state index contributed by atoms with van der Waals surface area (Å²) in [6.45, 7) is 0. The number of hydrogen-bond acceptors (Lipinski definition) is 2. The highest BCUT2D eigenvalue weighted by atomic mass is 35.5. The highest BCUT2D eigenvalue weighted by Crippen LogP contribution is 2.29. The molecule has 2 aromatic carbocycles. The monoisotopic (exact) mass is 342 g/mol. The third-order valence-electron chi connectivity index (χ3n) is 2.79. The average molecular weight is 344 g/mol. The van der Waals surface area contributed by atoms with Crippen molar-refractivity contribution >= 4 is 57.6 Å². The molecule has 0 spiro atoms. The minimum absolute atomic E-state index is 0.514. The number of nitrogens with one attached hydrogen (secondary N) is 1. The summed E-state index contributed by atoms with van der Waals surface area (Å²) in [7, 11) is 0. The first-order valence-corrected chi connectivity index (χ1v) is 7.96. The summed E-state index contributed by atoms with van der Waals surface area (Å²) in [6.07, 6.45) is 0. The highest BCUT2D eigenvalue weighted by Gasteiger charge is 2.07. The van der Waals surface area contributed by atoms with E-state index in [1.807, 2.05) is 24.3 Å². The van der Waals surface area contributed by atoms with Gasteiger partial charge in [-0.05, 0) is 29.8 Å². The van der Waals surface area contributed by atoms with Crippen LogP contribution in [0.25, 0.3) is 11.0 Å². The zero-order chi connectivity index (χ0) is 14.1. The van der Waals surface area contributed by atoms with Crippen molar-refractivity contribution in [3.63, 3.8) is 0 Å². The van der Waals surface area contributed by atoms with Crippen molar-refractivity contribution in [1.29, 1.82) is 0 Å². The lowest BCUT2D eigenvalue weighted by Gasteiger charge is -1.98. The maximum Gasteiger partial charge on any atom is 0.166 e. The SMILES string of the molecule is Clc1ccc(CSc2nc3cc(Cl)c(Cl)cc3[nH]2)cc1. The van der Waals surface area contributed by atoms with Gasteiger partial charge >= 0.3 is 0 Å². The predicted octanol–water partition coefficient (Wildman–Crippen LogP) is 5.82. The van der Waals surface area contributed by atoms with E-state index in [0.29, 0.717) is 10.0 Å². The van der Waals surface area contributed by atoms with Gasteiger partial charge in [-0.15, -0.1) is 0 Å². The van der Waals surface area contributed by atoms with Crippen molar-refractivity contribution in [2.75, 3.05) is 0 Å². The van der Waals surface area contributed by atoms with E-state index in [1.165, 1.54) is 5.56 Å². The van der Waals surface area contributed by atoms with Gasteiger partial charge < -0.3 is 4.98 Å². The zero-order valence-electron chi connectivity index (χ0n) is 10.2. The second-order valence-electron chi connectivity index (χ2n) is 4.24. The highest BCUT2D eigenvalue weighted by molar-refractivity contribution is 7.98. The van der Waals surface area contributed by atoms with Crippen LogP contribution in [0.15, 0.2) is 41.6 Å². The first-order valence-electron chi connectivity index (χ1n) is 5.84. The van der Waals surface area contributed by atoms with Crippen LogP contribution in [0, 0.1) is 0 Å². The van der Waals surface area contributed by atoms with E-state index in [2.05, 4.69) is 9.97 Å². The number of halogens is 3. The first-order chi connectivity index (χ1) is 9.61. The van der Waals surface area contributed by atoms with E-state index < -0.39 is 0 Å². The van der Waals surface area contributed by atoms with Crippen LogP contribution in [0.5, 0.6) is 0 Å². The lowest BCUT2D eigenvalue weighted by Crippen LogP contribution is -1.81. The van der Waals surface area contributed by atoms with Crippen LogP contribution in [0.1, 0.15) is 5.56 Å². The number of aromatic nitrogens is 2. The van der Waals surface area contributed by atoms with Crippen molar-refractivity contribution in [3.8, 4) is 0 Å². The molecule has 0 fully saturated rings. The first kappa shape index (κ1) is 14.1. The number of aromatic amines is 1. The standard InChI is InChI=1S/C14H9Cl3N2S/c15-9-3-1-8(2-4-9)7-20-14-18-12-5-10(16)11(17)6-13(12)19-14/h1-6H,7H2,(H,18,19). The molecule has 1 heterocycles. The lowest BCUT2D eigenvalue weighted by atomic mass is 10.2. The molecule has 3 rings (SSSR count). The van der Waals surface area contributed by atoms with E-state index in [-0.39, 0.29) is 0 Å². The summed E-state index contributed by atoms with van der Waals surface area (Å²) >= 11 is 19.4. The van der Waals surface area contributed by atoms with Crippen LogP contribution in [0.3, 0.4) is 0 Å². The fourth-order valence-electron chi connectivity index (χ4n) is 1.78. The molecule has 3 aromatic rings. The number of hydrogen-bond donors (Lipinski definition) is 1. The number of thioether (sulfide) groups is 1. The van der Waals surface area contributed by atoms with Gasteiger partial charge in [-0.1, -0.05) is 58.7 Å². The molecule has 0 radical (unpaired) electrons. The molecule has 0 bridgehead atoms. The summed E-state index contributed by atoms with van der Waals surface area (Å²) in [6, 6.07) is 11.3. The molecule has 0 saturated heterocycles. The van der Waals surface area contributed by atoms with Crippen molar-refractivity contribution in [2.24, 2.45) is 0 Å². The van der Waals surface area contributed by atoms with Gasteiger partial charge in [0.2, 0.25) is 0 Å². The molecule has 0 unspecified atom stereocenters. The van der Waals surface area contributed by atoms with Crippen LogP contribution in [0.2, 0.25) is 15.1 Å². The Labute approximate surface area is 135 Å². The number of nitrogens with zero attached hydrogens (tertiary/aromatic N) is 1. The Morgan fingerprint density at radius 3 is 2.45 bits per heavy atom. The number of H-pyrrole nitrogens is 1. The Morgan fingerprint density at radius 2 is 1.70 bits per heavy atom. The summed E-state index contributed by atoms with van der Waals surface area (Å²) in [4.78, 5) is 7.71. The maximum absolute atomic E-state index is 5.99. The van der Waals surface area contributed by atoms with Gasteiger partial charge in [0.25, 0.3) is 0 Å². The van der Waals surface area contributed by atoms with Crippen molar-refractivity contribution in [1.82, 2.24) is 9.97 Å². The Bertz CT molecular complexity index is 714. The third-order valence-corrected chi connectivity index (χ3v) is 4.71. The molecule has 0 aliphatic heterocycles. The van der Waals surface area contributed by atoms with Crippen LogP contribution in [-0.2, 0) is 5.75 Å². The second kappa shape index (κ2) is 5.86. The summed E-state index contributed by atoms with van der Waals surface area (Å²) in [5, 5.41) is 2.62. The zero-order valence-corrected chi connectivity index (χ0v) is 13.2. The Balaban J connectivity index is 1.79. The largest absolute Gasteiger partial charge is 0.333 e. The molecule has 0 amide bonds. The molecule has 0 aliphatic carbocycles. The maximum atomic E-state index is 5.99. The van der Waals surface area contributed by atoms with E-state index in [1.54, 1.807) is 23.9 Å². The van der Waals surface area contributed by atoms with E-state index in [4.69, 9.17) is 34.8 Å². The van der Waals surface area contributed by atoms with E-state index in [9.17, 15) is 0 Å². The van der Waals surface area contributed by atoms with Crippen LogP contribution in [0.4, 0.5) is 0 Å². The van der Waals surface area contributed by atoms with Gasteiger partial charge in [0, 0.05) is 10.8 Å².